The van der Waals surface area contributed by atoms with Crippen molar-refractivity contribution in [3.63, 3.8) is 0 Å². The topological polar surface area (TPSA) is 29.1 Å². The highest BCUT2D eigenvalue weighted by molar-refractivity contribution is 5.81. The first kappa shape index (κ1) is 14.7. The Morgan fingerprint density at radius 3 is 2.56 bits per heavy atom. The summed E-state index contributed by atoms with van der Waals surface area (Å²) in [4.78, 5) is 11.5. The van der Waals surface area contributed by atoms with Gasteiger partial charge in [0.1, 0.15) is 5.78 Å². The number of carbonyl (C=O) groups excluding carboxylic acids is 1. The van der Waals surface area contributed by atoms with Crippen molar-refractivity contribution in [2.45, 2.75) is 45.7 Å². The molecule has 0 aliphatic heterocycles. The second-order valence-electron chi connectivity index (χ2n) is 4.69. The first-order valence-electron chi connectivity index (χ1n) is 6.61. The summed E-state index contributed by atoms with van der Waals surface area (Å²) in [5, 5.41) is 3.35. The molecule has 1 N–H and O–H groups in total. The van der Waals surface area contributed by atoms with Crippen molar-refractivity contribution in [2.24, 2.45) is 0 Å². The van der Waals surface area contributed by atoms with E-state index in [1.807, 2.05) is 18.2 Å². The average molecular weight is 245 g/mol. The molecule has 2 atom stereocenters. The van der Waals surface area contributed by atoms with Crippen LogP contribution in [0.25, 0.3) is 6.08 Å². The Kier molecular flexibility index (Phi) is 6.37. The minimum Gasteiger partial charge on any atom is -0.305 e. The van der Waals surface area contributed by atoms with Crippen LogP contribution in [-0.4, -0.2) is 17.9 Å². The Hall–Kier alpha value is -1.41. The van der Waals surface area contributed by atoms with Gasteiger partial charge in [-0.3, -0.25) is 4.79 Å². The number of Topliss-reactive ketones (excluding diaryl/α,β-unsaturated/α-hetero) is 1. The van der Waals surface area contributed by atoms with Gasteiger partial charge >= 0.3 is 0 Å². The molecule has 2 heteroatoms. The maximum absolute atomic E-state index is 11.5. The summed E-state index contributed by atoms with van der Waals surface area (Å²) in [5.41, 5.74) is 1.17. The maximum atomic E-state index is 11.5. The molecule has 0 amide bonds. The summed E-state index contributed by atoms with van der Waals surface area (Å²) < 4.78 is 0. The van der Waals surface area contributed by atoms with E-state index in [1.165, 1.54) is 5.56 Å². The summed E-state index contributed by atoms with van der Waals surface area (Å²) in [6, 6.07) is 10.5. The normalized spacial score (nSPS) is 14.6. The number of rotatable bonds is 7. The molecule has 1 rings (SSSR count). The minimum absolute atomic E-state index is 0.0695. The number of nitrogens with one attached hydrogen (secondary N) is 1. The SMILES string of the molecule is CCC(C)N[C@@H](C/C=C/c1ccccc1)C(C)=O. The van der Waals surface area contributed by atoms with Gasteiger partial charge in [0.2, 0.25) is 0 Å². The molecular formula is C16H23NO. The molecular weight excluding hydrogens is 222 g/mol. The third kappa shape index (κ3) is 5.28. The van der Waals surface area contributed by atoms with Crippen LogP contribution >= 0.6 is 0 Å². The summed E-state index contributed by atoms with van der Waals surface area (Å²) in [7, 11) is 0. The molecule has 0 aliphatic carbocycles. The molecule has 2 nitrogen and oxygen atoms in total. The van der Waals surface area contributed by atoms with Gasteiger partial charge in [0.25, 0.3) is 0 Å². The van der Waals surface area contributed by atoms with Gasteiger partial charge in [-0.15, -0.1) is 0 Å². The molecule has 0 saturated carbocycles. The van der Waals surface area contributed by atoms with E-state index >= 15 is 0 Å². The molecule has 1 unspecified atom stereocenters. The van der Waals surface area contributed by atoms with E-state index in [0.717, 1.165) is 12.8 Å². The smallest absolute Gasteiger partial charge is 0.147 e. The highest BCUT2D eigenvalue weighted by Crippen LogP contribution is 2.05. The zero-order valence-electron chi connectivity index (χ0n) is 11.5. The monoisotopic (exact) mass is 245 g/mol. The van der Waals surface area contributed by atoms with E-state index in [0.29, 0.717) is 6.04 Å². The van der Waals surface area contributed by atoms with Crippen LogP contribution in [0.2, 0.25) is 0 Å². The summed E-state index contributed by atoms with van der Waals surface area (Å²) >= 11 is 0. The minimum atomic E-state index is -0.0695. The molecule has 0 heterocycles. The quantitative estimate of drug-likeness (QED) is 0.797. The second kappa shape index (κ2) is 7.83. The van der Waals surface area contributed by atoms with Gasteiger partial charge in [-0.05, 0) is 32.3 Å². The lowest BCUT2D eigenvalue weighted by Gasteiger charge is -2.18. The Balaban J connectivity index is 2.52. The molecule has 0 bridgehead atoms. The Labute approximate surface area is 110 Å². The van der Waals surface area contributed by atoms with Gasteiger partial charge in [-0.25, -0.2) is 0 Å². The van der Waals surface area contributed by atoms with Crippen LogP contribution in [0, 0.1) is 0 Å². The Bertz CT molecular complexity index is 383. The lowest BCUT2D eigenvalue weighted by atomic mass is 10.1. The number of benzene rings is 1. The largest absolute Gasteiger partial charge is 0.305 e. The Morgan fingerprint density at radius 1 is 1.33 bits per heavy atom. The predicted octanol–water partition coefficient (Wildman–Crippen LogP) is 3.44. The highest BCUT2D eigenvalue weighted by Gasteiger charge is 2.13. The molecule has 1 aromatic rings. The Morgan fingerprint density at radius 2 is 2.00 bits per heavy atom. The van der Waals surface area contributed by atoms with Gasteiger partial charge in [0.05, 0.1) is 6.04 Å². The van der Waals surface area contributed by atoms with Crippen LogP contribution in [0.3, 0.4) is 0 Å². The molecule has 0 fully saturated rings. The number of ketones is 1. The zero-order chi connectivity index (χ0) is 13.4. The van der Waals surface area contributed by atoms with E-state index in [2.05, 4.69) is 43.4 Å². The third-order valence-electron chi connectivity index (χ3n) is 3.07. The average Bonchev–Trinajstić information content (AvgIpc) is 2.38. The zero-order valence-corrected chi connectivity index (χ0v) is 11.5. The fourth-order valence-corrected chi connectivity index (χ4v) is 1.72. The van der Waals surface area contributed by atoms with Gasteiger partial charge in [-0.1, -0.05) is 49.4 Å². The molecule has 18 heavy (non-hydrogen) atoms. The van der Waals surface area contributed by atoms with E-state index in [1.54, 1.807) is 6.92 Å². The lowest BCUT2D eigenvalue weighted by Crippen LogP contribution is -2.40. The van der Waals surface area contributed by atoms with Gasteiger partial charge in [0.15, 0.2) is 0 Å². The van der Waals surface area contributed by atoms with Crippen molar-refractivity contribution in [3.8, 4) is 0 Å². The van der Waals surface area contributed by atoms with E-state index < -0.39 is 0 Å². The van der Waals surface area contributed by atoms with Crippen molar-refractivity contribution in [1.82, 2.24) is 5.32 Å². The second-order valence-corrected chi connectivity index (χ2v) is 4.69. The molecule has 0 spiro atoms. The van der Waals surface area contributed by atoms with E-state index in [-0.39, 0.29) is 11.8 Å². The van der Waals surface area contributed by atoms with E-state index in [9.17, 15) is 4.79 Å². The van der Waals surface area contributed by atoms with Crippen molar-refractivity contribution >= 4 is 11.9 Å². The van der Waals surface area contributed by atoms with Crippen LogP contribution in [0.1, 0.15) is 39.2 Å². The van der Waals surface area contributed by atoms with Crippen molar-refractivity contribution < 1.29 is 4.79 Å². The third-order valence-corrected chi connectivity index (χ3v) is 3.07. The van der Waals surface area contributed by atoms with Crippen LogP contribution in [0.5, 0.6) is 0 Å². The molecule has 0 aromatic heterocycles. The number of carbonyl (C=O) groups is 1. The molecule has 0 radical (unpaired) electrons. The molecule has 1 aromatic carbocycles. The summed E-state index contributed by atoms with van der Waals surface area (Å²) in [6.45, 7) is 5.88. The lowest BCUT2D eigenvalue weighted by molar-refractivity contribution is -0.119. The molecule has 0 aliphatic rings. The summed E-state index contributed by atoms with van der Waals surface area (Å²) in [5.74, 6) is 0.202. The predicted molar refractivity (Wildman–Crippen MR) is 77.5 cm³/mol. The molecule has 0 saturated heterocycles. The first-order valence-corrected chi connectivity index (χ1v) is 6.61. The fraction of sp³-hybridized carbons (Fsp3) is 0.438. The number of hydrogen-bond donors (Lipinski definition) is 1. The standard InChI is InChI=1S/C16H23NO/c1-4-13(2)17-16(14(3)18)12-8-11-15-9-6-5-7-10-15/h5-11,13,16-17H,4,12H2,1-3H3/b11-8+/t13?,16-/m0/s1. The fourth-order valence-electron chi connectivity index (χ4n) is 1.72. The van der Waals surface area contributed by atoms with Crippen LogP contribution in [0.15, 0.2) is 36.4 Å². The van der Waals surface area contributed by atoms with E-state index in [4.69, 9.17) is 0 Å². The van der Waals surface area contributed by atoms with Gasteiger partial charge in [0, 0.05) is 6.04 Å². The van der Waals surface area contributed by atoms with Crippen LogP contribution in [-0.2, 0) is 4.79 Å². The molecule has 98 valence electrons. The van der Waals surface area contributed by atoms with Crippen LogP contribution in [0.4, 0.5) is 0 Å². The van der Waals surface area contributed by atoms with Crippen molar-refractivity contribution in [1.29, 1.82) is 0 Å². The van der Waals surface area contributed by atoms with Crippen molar-refractivity contribution in [3.05, 3.63) is 42.0 Å². The number of hydrogen-bond acceptors (Lipinski definition) is 2. The van der Waals surface area contributed by atoms with Gasteiger partial charge in [-0.2, -0.15) is 0 Å². The summed E-state index contributed by atoms with van der Waals surface area (Å²) in [6.07, 6.45) is 5.91. The van der Waals surface area contributed by atoms with Crippen molar-refractivity contribution in [2.75, 3.05) is 0 Å². The first-order chi connectivity index (χ1) is 8.63. The van der Waals surface area contributed by atoms with Crippen LogP contribution < -0.4 is 5.32 Å². The highest BCUT2D eigenvalue weighted by atomic mass is 16.1. The van der Waals surface area contributed by atoms with Gasteiger partial charge < -0.3 is 5.32 Å². The maximum Gasteiger partial charge on any atom is 0.147 e.